The van der Waals surface area contributed by atoms with E-state index < -0.39 is 5.91 Å². The van der Waals surface area contributed by atoms with Crippen molar-refractivity contribution in [2.75, 3.05) is 14.2 Å². The predicted octanol–water partition coefficient (Wildman–Crippen LogP) is 1.87. The van der Waals surface area contributed by atoms with Gasteiger partial charge in [0.25, 0.3) is 5.91 Å². The number of hydrogen-bond donors (Lipinski definition) is 1. The van der Waals surface area contributed by atoms with Crippen molar-refractivity contribution < 1.29 is 14.5 Å². The van der Waals surface area contributed by atoms with Crippen LogP contribution in [0.4, 0.5) is 0 Å². The Bertz CT molecular complexity index is 867. The number of fused-ring (bicyclic) bond motifs is 1. The molecule has 3 rings (SSSR count). The Kier molecular flexibility index (Phi) is 6.19. The Labute approximate surface area is 167 Å². The average Bonchev–Trinajstić information content (AvgIpc) is 3.18. The maximum absolute atomic E-state index is 11.6. The van der Waals surface area contributed by atoms with Gasteiger partial charge in [-0.25, -0.2) is 5.01 Å². The summed E-state index contributed by atoms with van der Waals surface area (Å²) in [4.78, 5) is 25.0. The number of carbonyl (C=O) groups excluding carboxylic acids is 1. The highest BCUT2D eigenvalue weighted by molar-refractivity contribution is 8.03. The molecule has 1 atom stereocenters. The maximum atomic E-state index is 11.6. The summed E-state index contributed by atoms with van der Waals surface area (Å²) in [6, 6.07) is 7.17. The normalized spacial score (nSPS) is 19.0. The molecule has 1 unspecified atom stereocenters. The smallest absolute Gasteiger partial charge is 0.271 e. The molecule has 0 saturated heterocycles. The molecule has 148 valence electrons. The van der Waals surface area contributed by atoms with Crippen molar-refractivity contribution in [2.45, 2.75) is 25.4 Å². The summed E-state index contributed by atoms with van der Waals surface area (Å²) in [6.07, 6.45) is 4.13. The number of thioether (sulfide) groups is 1. The van der Waals surface area contributed by atoms with Gasteiger partial charge < -0.3 is 20.3 Å². The highest BCUT2D eigenvalue weighted by Crippen LogP contribution is 2.41. The van der Waals surface area contributed by atoms with Crippen LogP contribution in [0.3, 0.4) is 0 Å². The fourth-order valence-electron chi connectivity index (χ4n) is 2.86. The molecule has 0 bridgehead atoms. The van der Waals surface area contributed by atoms with Crippen LogP contribution in [0.15, 0.2) is 50.3 Å². The second-order valence-electron chi connectivity index (χ2n) is 6.10. The van der Waals surface area contributed by atoms with Gasteiger partial charge in [-0.2, -0.15) is 5.10 Å². The average molecular weight is 402 g/mol. The zero-order chi connectivity index (χ0) is 20.1. The molecule has 2 N–H and O–H groups in total. The van der Waals surface area contributed by atoms with E-state index in [1.807, 2.05) is 30.5 Å². The van der Waals surface area contributed by atoms with Gasteiger partial charge in [-0.3, -0.25) is 4.79 Å². The Hall–Kier alpha value is -3.01. The molecular formula is C18H22N6O3S. The van der Waals surface area contributed by atoms with Crippen molar-refractivity contribution >= 4 is 35.9 Å². The van der Waals surface area contributed by atoms with Crippen LogP contribution in [-0.4, -0.2) is 53.7 Å². The van der Waals surface area contributed by atoms with Crippen LogP contribution >= 0.6 is 11.8 Å². The molecule has 28 heavy (non-hydrogen) atoms. The van der Waals surface area contributed by atoms with Crippen molar-refractivity contribution in [3.8, 4) is 0 Å². The fraction of sp³-hybridized carbons (Fsp3) is 0.333. The van der Waals surface area contributed by atoms with E-state index in [1.54, 1.807) is 30.1 Å². The number of amides is 1. The number of oxime groups is 2. The van der Waals surface area contributed by atoms with Gasteiger partial charge >= 0.3 is 0 Å². The Morgan fingerprint density at radius 1 is 1.43 bits per heavy atom. The quantitative estimate of drug-likeness (QED) is 0.526. The molecule has 0 aliphatic carbocycles. The summed E-state index contributed by atoms with van der Waals surface area (Å²) in [6.45, 7) is 2.25. The van der Waals surface area contributed by atoms with Crippen molar-refractivity contribution in [1.29, 1.82) is 0 Å². The summed E-state index contributed by atoms with van der Waals surface area (Å²) < 4.78 is 0. The molecule has 9 nitrogen and oxygen atoms in total. The zero-order valence-electron chi connectivity index (χ0n) is 15.9. The topological polar surface area (TPSA) is 105 Å². The van der Waals surface area contributed by atoms with Gasteiger partial charge in [-0.1, -0.05) is 46.3 Å². The minimum Gasteiger partial charge on any atom is -0.398 e. The van der Waals surface area contributed by atoms with Crippen LogP contribution in [0.2, 0.25) is 0 Å². The maximum Gasteiger partial charge on any atom is 0.271 e. The molecule has 2 aliphatic heterocycles. The Morgan fingerprint density at radius 3 is 2.96 bits per heavy atom. The molecule has 0 spiro atoms. The van der Waals surface area contributed by atoms with Gasteiger partial charge in [0.2, 0.25) is 0 Å². The van der Waals surface area contributed by atoms with Crippen LogP contribution in [0.5, 0.6) is 0 Å². The SMILES string of the molecule is CO/N=C(/C(N)=O)c1ccccc1CON=CCC1=C(C)SC2N(C)C=NN12. The van der Waals surface area contributed by atoms with Gasteiger partial charge in [0.1, 0.15) is 20.1 Å². The number of nitrogens with two attached hydrogens (primary N) is 1. The highest BCUT2D eigenvalue weighted by atomic mass is 32.2. The number of allylic oxidation sites excluding steroid dienone is 2. The Balaban J connectivity index is 1.60. The van der Waals surface area contributed by atoms with E-state index in [0.29, 0.717) is 12.0 Å². The van der Waals surface area contributed by atoms with E-state index >= 15 is 0 Å². The van der Waals surface area contributed by atoms with Crippen molar-refractivity contribution in [2.24, 2.45) is 21.1 Å². The lowest BCUT2D eigenvalue weighted by Gasteiger charge is -2.21. The first-order chi connectivity index (χ1) is 13.5. The number of carbonyl (C=O) groups is 1. The highest BCUT2D eigenvalue weighted by Gasteiger charge is 2.35. The lowest BCUT2D eigenvalue weighted by Crippen LogP contribution is -2.30. The second kappa shape index (κ2) is 8.79. The van der Waals surface area contributed by atoms with Crippen LogP contribution in [-0.2, 0) is 21.1 Å². The summed E-state index contributed by atoms with van der Waals surface area (Å²) in [5.74, 6) is -0.676. The third-order valence-corrected chi connectivity index (χ3v) is 5.56. The van der Waals surface area contributed by atoms with E-state index in [1.165, 1.54) is 12.0 Å². The van der Waals surface area contributed by atoms with E-state index in [2.05, 4.69) is 27.2 Å². The molecule has 1 aromatic carbocycles. The first kappa shape index (κ1) is 19.7. The predicted molar refractivity (Wildman–Crippen MR) is 109 cm³/mol. The lowest BCUT2D eigenvalue weighted by atomic mass is 10.0. The Morgan fingerprint density at radius 2 is 2.21 bits per heavy atom. The van der Waals surface area contributed by atoms with Crippen molar-refractivity contribution in [3.63, 3.8) is 0 Å². The third-order valence-electron chi connectivity index (χ3n) is 4.22. The molecule has 10 heteroatoms. The second-order valence-corrected chi connectivity index (χ2v) is 7.37. The van der Waals surface area contributed by atoms with E-state index in [-0.39, 0.29) is 17.8 Å². The minimum atomic E-state index is -0.676. The zero-order valence-corrected chi connectivity index (χ0v) is 16.7. The molecular weight excluding hydrogens is 380 g/mol. The van der Waals surface area contributed by atoms with Crippen LogP contribution in [0, 0.1) is 0 Å². The van der Waals surface area contributed by atoms with Crippen LogP contribution in [0.25, 0.3) is 0 Å². The number of hydrogen-bond acceptors (Lipinski definition) is 9. The molecule has 0 fully saturated rings. The number of primary amides is 1. The summed E-state index contributed by atoms with van der Waals surface area (Å²) in [7, 11) is 3.36. The summed E-state index contributed by atoms with van der Waals surface area (Å²) >= 11 is 1.76. The molecule has 0 aromatic heterocycles. The third kappa shape index (κ3) is 4.11. The van der Waals surface area contributed by atoms with E-state index in [0.717, 1.165) is 11.3 Å². The molecule has 0 radical (unpaired) electrons. The van der Waals surface area contributed by atoms with Crippen LogP contribution in [0.1, 0.15) is 24.5 Å². The van der Waals surface area contributed by atoms with Crippen LogP contribution < -0.4 is 5.73 Å². The van der Waals surface area contributed by atoms with Crippen molar-refractivity contribution in [1.82, 2.24) is 9.91 Å². The number of nitrogens with zero attached hydrogens (tertiary/aromatic N) is 5. The summed E-state index contributed by atoms with van der Waals surface area (Å²) in [5, 5.41) is 14.1. The molecule has 2 heterocycles. The number of rotatable bonds is 8. The summed E-state index contributed by atoms with van der Waals surface area (Å²) in [5.41, 5.74) is 7.99. The lowest BCUT2D eigenvalue weighted by molar-refractivity contribution is -0.112. The molecule has 1 amide bonds. The largest absolute Gasteiger partial charge is 0.398 e. The number of benzene rings is 1. The van der Waals surface area contributed by atoms with Gasteiger partial charge in [0, 0.05) is 35.7 Å². The van der Waals surface area contributed by atoms with Crippen molar-refractivity contribution in [3.05, 3.63) is 46.0 Å². The first-order valence-electron chi connectivity index (χ1n) is 8.57. The molecule has 0 saturated carbocycles. The van der Waals surface area contributed by atoms with E-state index in [4.69, 9.17) is 15.4 Å². The molecule has 1 aromatic rings. The van der Waals surface area contributed by atoms with Gasteiger partial charge in [-0.15, -0.1) is 0 Å². The standard InChI is InChI=1S/C18H22N6O3S/c1-12-15(24-18(28-12)23(2)11-20-24)8-9-21-27-10-13-6-4-5-7-14(13)16(17(19)25)22-26-3/h4-7,9,11,18H,8,10H2,1-3H3,(H2,19,25)/b21-9?,22-16+. The first-order valence-corrected chi connectivity index (χ1v) is 9.45. The number of hydrazone groups is 1. The van der Waals surface area contributed by atoms with Gasteiger partial charge in [0.05, 0.1) is 5.70 Å². The van der Waals surface area contributed by atoms with E-state index in [9.17, 15) is 4.79 Å². The van der Waals surface area contributed by atoms with Gasteiger partial charge in [-0.05, 0) is 6.92 Å². The fourth-order valence-corrected chi connectivity index (χ4v) is 3.99. The molecule has 2 aliphatic rings. The monoisotopic (exact) mass is 402 g/mol. The van der Waals surface area contributed by atoms with Gasteiger partial charge in [0.15, 0.2) is 11.2 Å². The minimum absolute atomic E-state index is 0.0384.